The van der Waals surface area contributed by atoms with Gasteiger partial charge in [-0.3, -0.25) is 14.4 Å². The number of hydrogen-bond donors (Lipinski definition) is 2. The smallest absolute Gasteiger partial charge is 0.267 e. The average molecular weight is 381 g/mol. The van der Waals surface area contributed by atoms with E-state index >= 15 is 0 Å². The minimum atomic E-state index is -0.588. The molecular weight excluding hydrogens is 358 g/mol. The quantitative estimate of drug-likeness (QED) is 0.833. The fourth-order valence-electron chi connectivity index (χ4n) is 3.05. The van der Waals surface area contributed by atoms with Gasteiger partial charge >= 0.3 is 0 Å². The maximum absolute atomic E-state index is 12.5. The Balaban J connectivity index is 1.68. The Morgan fingerprint density at radius 1 is 1.14 bits per heavy atom. The standard InChI is InChI=1S/C21H23N3O4/c1-13-8-9-16(22-15(3)25)12-17(13)23-20(26)10-11-24-18-6-4-5-7-19(18)28-14(2)21(24)27/h4-9,12,14H,10-11H2,1-3H3,(H,22,25)(H,23,26). The number of nitrogens with one attached hydrogen (secondary N) is 2. The Hall–Kier alpha value is -3.35. The van der Waals surface area contributed by atoms with Gasteiger partial charge in [0.2, 0.25) is 11.8 Å². The highest BCUT2D eigenvalue weighted by atomic mass is 16.5. The largest absolute Gasteiger partial charge is 0.479 e. The highest BCUT2D eigenvalue weighted by molar-refractivity contribution is 6.01. The summed E-state index contributed by atoms with van der Waals surface area (Å²) in [5.74, 6) is 0.0662. The molecule has 3 rings (SSSR count). The number of carbonyl (C=O) groups excluding carboxylic acids is 3. The fraction of sp³-hybridized carbons (Fsp3) is 0.286. The Morgan fingerprint density at radius 2 is 1.89 bits per heavy atom. The van der Waals surface area contributed by atoms with E-state index in [0.29, 0.717) is 22.8 Å². The maximum Gasteiger partial charge on any atom is 0.267 e. The van der Waals surface area contributed by atoms with Gasteiger partial charge in [0.05, 0.1) is 5.69 Å². The first-order valence-corrected chi connectivity index (χ1v) is 9.10. The van der Waals surface area contributed by atoms with Gasteiger partial charge in [-0.1, -0.05) is 18.2 Å². The minimum absolute atomic E-state index is 0.136. The summed E-state index contributed by atoms with van der Waals surface area (Å²) in [5.41, 5.74) is 2.78. The molecule has 146 valence electrons. The number of aryl methyl sites for hydroxylation is 1. The molecule has 0 aromatic heterocycles. The summed E-state index contributed by atoms with van der Waals surface area (Å²) >= 11 is 0. The van der Waals surface area contributed by atoms with Crippen LogP contribution in [0.4, 0.5) is 17.1 Å². The molecule has 0 radical (unpaired) electrons. The van der Waals surface area contributed by atoms with Crippen molar-refractivity contribution in [1.29, 1.82) is 0 Å². The van der Waals surface area contributed by atoms with Crippen molar-refractivity contribution in [1.82, 2.24) is 0 Å². The molecule has 28 heavy (non-hydrogen) atoms. The topological polar surface area (TPSA) is 87.7 Å². The molecule has 2 aromatic carbocycles. The summed E-state index contributed by atoms with van der Waals surface area (Å²) in [5, 5.41) is 5.55. The van der Waals surface area contributed by atoms with Gasteiger partial charge in [0.1, 0.15) is 5.75 Å². The Morgan fingerprint density at radius 3 is 2.64 bits per heavy atom. The number of hydrogen-bond acceptors (Lipinski definition) is 4. The number of benzene rings is 2. The lowest BCUT2D eigenvalue weighted by Crippen LogP contribution is -2.45. The van der Waals surface area contributed by atoms with Gasteiger partial charge in [-0.15, -0.1) is 0 Å². The highest BCUT2D eigenvalue weighted by Crippen LogP contribution is 2.33. The molecule has 0 fully saturated rings. The van der Waals surface area contributed by atoms with E-state index in [2.05, 4.69) is 10.6 Å². The van der Waals surface area contributed by atoms with Crippen LogP contribution in [0.15, 0.2) is 42.5 Å². The van der Waals surface area contributed by atoms with E-state index < -0.39 is 6.10 Å². The molecule has 1 heterocycles. The van der Waals surface area contributed by atoms with Crippen LogP contribution in [0.2, 0.25) is 0 Å². The number of nitrogens with zero attached hydrogens (tertiary/aromatic N) is 1. The Bertz CT molecular complexity index is 926. The molecule has 0 aliphatic carbocycles. The van der Waals surface area contributed by atoms with Gasteiger partial charge in [0, 0.05) is 31.3 Å². The molecule has 1 atom stereocenters. The van der Waals surface area contributed by atoms with Gasteiger partial charge in [0.25, 0.3) is 5.91 Å². The molecule has 1 aliphatic heterocycles. The van der Waals surface area contributed by atoms with Crippen molar-refractivity contribution in [3.8, 4) is 5.75 Å². The van der Waals surface area contributed by atoms with Crippen LogP contribution < -0.4 is 20.3 Å². The van der Waals surface area contributed by atoms with Crippen molar-refractivity contribution < 1.29 is 19.1 Å². The van der Waals surface area contributed by atoms with Gasteiger partial charge in [-0.05, 0) is 43.7 Å². The van der Waals surface area contributed by atoms with Gasteiger partial charge in [-0.25, -0.2) is 0 Å². The van der Waals surface area contributed by atoms with Crippen molar-refractivity contribution in [2.75, 3.05) is 22.1 Å². The molecule has 0 bridgehead atoms. The minimum Gasteiger partial charge on any atom is -0.479 e. The van der Waals surface area contributed by atoms with Gasteiger partial charge in [-0.2, -0.15) is 0 Å². The number of anilines is 3. The number of amides is 3. The summed E-state index contributed by atoms with van der Waals surface area (Å²) in [7, 11) is 0. The lowest BCUT2D eigenvalue weighted by atomic mass is 10.1. The average Bonchev–Trinajstić information content (AvgIpc) is 2.64. The van der Waals surface area contributed by atoms with Crippen molar-refractivity contribution in [2.24, 2.45) is 0 Å². The van der Waals surface area contributed by atoms with Crippen LogP contribution >= 0.6 is 0 Å². The molecule has 1 unspecified atom stereocenters. The van der Waals surface area contributed by atoms with Gasteiger partial charge in [0.15, 0.2) is 6.10 Å². The van der Waals surface area contributed by atoms with Crippen molar-refractivity contribution in [3.05, 3.63) is 48.0 Å². The second-order valence-electron chi connectivity index (χ2n) is 6.73. The zero-order valence-electron chi connectivity index (χ0n) is 16.1. The monoisotopic (exact) mass is 381 g/mol. The van der Waals surface area contributed by atoms with Crippen LogP contribution in [-0.4, -0.2) is 30.4 Å². The van der Waals surface area contributed by atoms with Crippen molar-refractivity contribution in [2.45, 2.75) is 33.3 Å². The lowest BCUT2D eigenvalue weighted by Gasteiger charge is -2.32. The Labute approximate surface area is 163 Å². The number of para-hydroxylation sites is 2. The summed E-state index contributed by atoms with van der Waals surface area (Å²) in [6.45, 7) is 5.24. The van der Waals surface area contributed by atoms with Crippen LogP contribution in [0.25, 0.3) is 0 Å². The first-order chi connectivity index (χ1) is 13.3. The summed E-state index contributed by atoms with van der Waals surface area (Å²) < 4.78 is 5.61. The molecule has 0 saturated carbocycles. The number of fused-ring (bicyclic) bond motifs is 1. The van der Waals surface area contributed by atoms with Crippen LogP contribution in [0.3, 0.4) is 0 Å². The van der Waals surface area contributed by atoms with Gasteiger partial charge < -0.3 is 20.3 Å². The molecular formula is C21H23N3O4. The normalized spacial score (nSPS) is 15.5. The first kappa shape index (κ1) is 19.4. The maximum atomic E-state index is 12.5. The molecule has 3 amide bonds. The van der Waals surface area contributed by atoms with Crippen LogP contribution in [-0.2, 0) is 14.4 Å². The molecule has 2 aromatic rings. The molecule has 0 spiro atoms. The SMILES string of the molecule is CC(=O)Nc1ccc(C)c(NC(=O)CCN2C(=O)C(C)Oc3ccccc32)c1. The van der Waals surface area contributed by atoms with Crippen LogP contribution in [0.1, 0.15) is 25.8 Å². The number of rotatable bonds is 5. The van der Waals surface area contributed by atoms with Crippen molar-refractivity contribution in [3.63, 3.8) is 0 Å². The summed E-state index contributed by atoms with van der Waals surface area (Å²) in [4.78, 5) is 37.8. The van der Waals surface area contributed by atoms with E-state index in [0.717, 1.165) is 5.56 Å². The molecule has 7 heteroatoms. The first-order valence-electron chi connectivity index (χ1n) is 9.10. The molecule has 1 aliphatic rings. The third-order valence-corrected chi connectivity index (χ3v) is 4.47. The molecule has 7 nitrogen and oxygen atoms in total. The zero-order valence-corrected chi connectivity index (χ0v) is 16.1. The second kappa shape index (κ2) is 8.12. The van der Waals surface area contributed by atoms with E-state index in [1.165, 1.54) is 6.92 Å². The van der Waals surface area contributed by atoms with E-state index in [-0.39, 0.29) is 30.7 Å². The number of carbonyl (C=O) groups is 3. The van der Waals surface area contributed by atoms with Crippen LogP contribution in [0, 0.1) is 6.92 Å². The highest BCUT2D eigenvalue weighted by Gasteiger charge is 2.31. The Kier molecular flexibility index (Phi) is 5.63. The van der Waals surface area contributed by atoms with E-state index in [4.69, 9.17) is 4.74 Å². The van der Waals surface area contributed by atoms with E-state index in [1.807, 2.05) is 31.2 Å². The molecule has 0 saturated heterocycles. The number of ether oxygens (including phenoxy) is 1. The predicted octanol–water partition coefficient (Wildman–Crippen LogP) is 3.10. The third-order valence-electron chi connectivity index (χ3n) is 4.47. The predicted molar refractivity (Wildman–Crippen MR) is 108 cm³/mol. The lowest BCUT2D eigenvalue weighted by molar-refractivity contribution is -0.125. The fourth-order valence-corrected chi connectivity index (χ4v) is 3.05. The van der Waals surface area contributed by atoms with Crippen LogP contribution in [0.5, 0.6) is 5.75 Å². The van der Waals surface area contributed by atoms with Crippen molar-refractivity contribution >= 4 is 34.8 Å². The summed E-state index contributed by atoms with van der Waals surface area (Å²) in [6.07, 6.45) is -0.453. The van der Waals surface area contributed by atoms with E-state index in [9.17, 15) is 14.4 Å². The second-order valence-corrected chi connectivity index (χ2v) is 6.73. The van der Waals surface area contributed by atoms with E-state index in [1.54, 1.807) is 30.0 Å². The zero-order chi connectivity index (χ0) is 20.3. The molecule has 2 N–H and O–H groups in total. The summed E-state index contributed by atoms with van der Waals surface area (Å²) in [6, 6.07) is 12.6. The third kappa shape index (κ3) is 4.31.